The summed E-state index contributed by atoms with van der Waals surface area (Å²) in [6, 6.07) is 9.41. The lowest BCUT2D eigenvalue weighted by Crippen LogP contribution is -2.22. The maximum absolute atomic E-state index is 14.5. The van der Waals surface area contributed by atoms with Gasteiger partial charge in [-0.2, -0.15) is 5.10 Å². The Morgan fingerprint density at radius 2 is 1.81 bits per heavy atom. The molecule has 0 atom stereocenters. The van der Waals surface area contributed by atoms with E-state index in [1.54, 1.807) is 24.3 Å². The number of amides is 3. The van der Waals surface area contributed by atoms with Gasteiger partial charge in [-0.25, -0.2) is 18.3 Å². The van der Waals surface area contributed by atoms with Crippen LogP contribution in [0.2, 0.25) is 0 Å². The molecule has 0 fully saturated rings. The van der Waals surface area contributed by atoms with Crippen LogP contribution in [0.15, 0.2) is 58.5 Å². The minimum absolute atomic E-state index is 0.00732. The normalized spacial score (nSPS) is 10.6. The Kier molecular flexibility index (Phi) is 5.08. The van der Waals surface area contributed by atoms with Gasteiger partial charge in [0.1, 0.15) is 17.3 Å². The highest BCUT2D eigenvalue weighted by Gasteiger charge is 2.18. The molecule has 138 valence electrons. The Labute approximate surface area is 156 Å². The molecule has 0 aliphatic rings. The molecule has 7 nitrogen and oxygen atoms in total. The van der Waals surface area contributed by atoms with E-state index in [1.807, 2.05) is 0 Å². The maximum atomic E-state index is 14.5. The molecule has 0 radical (unpaired) electrons. The highest BCUT2D eigenvalue weighted by Crippen LogP contribution is 2.31. The zero-order chi connectivity index (χ0) is 19.6. The van der Waals surface area contributed by atoms with E-state index < -0.39 is 23.6 Å². The summed E-state index contributed by atoms with van der Waals surface area (Å²) in [5.74, 6) is -1.99. The number of carbonyl (C=O) groups excluding carboxylic acids is 2. The molecule has 0 aliphatic heterocycles. The summed E-state index contributed by atoms with van der Waals surface area (Å²) in [6.07, 6.45) is 1.22. The number of rotatable bonds is 5. The standard InChI is InChI=1S/C17H13F2N5O2S/c18-10-3-1-2-4-14(10)27-9-5-6-13(11(19)7-9)24-8-12(22-17(21)26)15(23-24)16(20)25/h1-8H,(H2,20,25)(H3,21,22,26). The van der Waals surface area contributed by atoms with E-state index in [4.69, 9.17) is 11.5 Å². The quantitative estimate of drug-likeness (QED) is 0.622. The van der Waals surface area contributed by atoms with Crippen molar-refractivity contribution in [1.82, 2.24) is 9.78 Å². The summed E-state index contributed by atoms with van der Waals surface area (Å²) >= 11 is 1.06. The summed E-state index contributed by atoms with van der Waals surface area (Å²) in [6.45, 7) is 0. The van der Waals surface area contributed by atoms with Crippen molar-refractivity contribution in [2.24, 2.45) is 11.5 Å². The Hall–Kier alpha value is -3.40. The van der Waals surface area contributed by atoms with Crippen LogP contribution in [0.3, 0.4) is 0 Å². The van der Waals surface area contributed by atoms with Gasteiger partial charge in [-0.3, -0.25) is 4.79 Å². The zero-order valence-corrected chi connectivity index (χ0v) is 14.5. The summed E-state index contributed by atoms with van der Waals surface area (Å²) < 4.78 is 29.3. The van der Waals surface area contributed by atoms with Gasteiger partial charge in [-0.05, 0) is 30.3 Å². The lowest BCUT2D eigenvalue weighted by atomic mass is 10.3. The first kappa shape index (κ1) is 18.4. The minimum atomic E-state index is -0.922. The third-order valence-corrected chi connectivity index (χ3v) is 4.48. The molecule has 3 amide bonds. The monoisotopic (exact) mass is 389 g/mol. The number of urea groups is 1. The van der Waals surface area contributed by atoms with Gasteiger partial charge in [0, 0.05) is 9.79 Å². The molecule has 0 spiro atoms. The predicted octanol–water partition coefficient (Wildman–Crippen LogP) is 2.89. The Morgan fingerprint density at radius 1 is 1.07 bits per heavy atom. The first-order valence-electron chi connectivity index (χ1n) is 7.53. The highest BCUT2D eigenvalue weighted by atomic mass is 32.2. The van der Waals surface area contributed by atoms with E-state index in [1.165, 1.54) is 24.4 Å². The van der Waals surface area contributed by atoms with Crippen molar-refractivity contribution >= 4 is 29.4 Å². The van der Waals surface area contributed by atoms with Gasteiger partial charge < -0.3 is 16.8 Å². The van der Waals surface area contributed by atoms with Crippen LogP contribution in [0, 0.1) is 11.6 Å². The van der Waals surface area contributed by atoms with Crippen molar-refractivity contribution in [3.63, 3.8) is 0 Å². The number of nitrogens with one attached hydrogen (secondary N) is 1. The number of hydrogen-bond donors (Lipinski definition) is 3. The number of nitrogens with zero attached hydrogens (tertiary/aromatic N) is 2. The van der Waals surface area contributed by atoms with E-state index in [-0.39, 0.29) is 17.1 Å². The van der Waals surface area contributed by atoms with E-state index in [9.17, 15) is 18.4 Å². The maximum Gasteiger partial charge on any atom is 0.316 e. The number of hydrogen-bond acceptors (Lipinski definition) is 4. The fraction of sp³-hybridized carbons (Fsp3) is 0. The van der Waals surface area contributed by atoms with Crippen LogP contribution in [-0.4, -0.2) is 21.7 Å². The molecule has 1 heterocycles. The Morgan fingerprint density at radius 3 is 2.44 bits per heavy atom. The first-order valence-corrected chi connectivity index (χ1v) is 8.35. The molecule has 0 saturated carbocycles. The van der Waals surface area contributed by atoms with E-state index >= 15 is 0 Å². The third kappa shape index (κ3) is 4.06. The summed E-state index contributed by atoms with van der Waals surface area (Å²) in [5, 5.41) is 6.09. The lowest BCUT2D eigenvalue weighted by molar-refractivity contribution is 0.0996. The third-order valence-electron chi connectivity index (χ3n) is 3.44. The Balaban J connectivity index is 1.93. The lowest BCUT2D eigenvalue weighted by Gasteiger charge is -2.07. The van der Waals surface area contributed by atoms with Crippen molar-refractivity contribution < 1.29 is 18.4 Å². The number of nitrogens with two attached hydrogens (primary N) is 2. The van der Waals surface area contributed by atoms with Gasteiger partial charge in [0.25, 0.3) is 5.91 Å². The minimum Gasteiger partial charge on any atom is -0.364 e. The van der Waals surface area contributed by atoms with Gasteiger partial charge in [0.2, 0.25) is 0 Å². The second-order valence-electron chi connectivity index (χ2n) is 5.34. The second-order valence-corrected chi connectivity index (χ2v) is 6.45. The molecule has 3 rings (SSSR count). The molecule has 0 saturated heterocycles. The average molecular weight is 389 g/mol. The second kappa shape index (κ2) is 7.46. The molecular weight excluding hydrogens is 376 g/mol. The predicted molar refractivity (Wildman–Crippen MR) is 95.8 cm³/mol. The average Bonchev–Trinajstić information content (AvgIpc) is 3.00. The van der Waals surface area contributed by atoms with E-state index in [0.29, 0.717) is 9.79 Å². The van der Waals surface area contributed by atoms with E-state index in [0.717, 1.165) is 16.4 Å². The first-order chi connectivity index (χ1) is 12.8. The molecule has 0 unspecified atom stereocenters. The fourth-order valence-corrected chi connectivity index (χ4v) is 3.16. The van der Waals surface area contributed by atoms with Crippen LogP contribution in [0.25, 0.3) is 5.69 Å². The van der Waals surface area contributed by atoms with Gasteiger partial charge in [-0.15, -0.1) is 0 Å². The van der Waals surface area contributed by atoms with Crippen molar-refractivity contribution in [3.05, 3.63) is 66.0 Å². The SMILES string of the molecule is NC(=O)Nc1cn(-c2ccc(Sc3ccccc3F)cc2F)nc1C(N)=O. The smallest absolute Gasteiger partial charge is 0.316 e. The number of primary amides is 2. The molecular formula is C17H13F2N5O2S. The summed E-state index contributed by atoms with van der Waals surface area (Å²) in [5.41, 5.74) is 9.93. The summed E-state index contributed by atoms with van der Waals surface area (Å²) in [7, 11) is 0. The molecule has 5 N–H and O–H groups in total. The van der Waals surface area contributed by atoms with Crippen molar-refractivity contribution in [2.75, 3.05) is 5.32 Å². The van der Waals surface area contributed by atoms with Crippen LogP contribution in [-0.2, 0) is 0 Å². The van der Waals surface area contributed by atoms with Gasteiger partial charge in [-0.1, -0.05) is 23.9 Å². The number of aromatic nitrogens is 2. The van der Waals surface area contributed by atoms with Crippen LogP contribution >= 0.6 is 11.8 Å². The topological polar surface area (TPSA) is 116 Å². The van der Waals surface area contributed by atoms with E-state index in [2.05, 4.69) is 10.4 Å². The number of halogens is 2. The molecule has 3 aromatic rings. The van der Waals surface area contributed by atoms with Crippen LogP contribution in [0.5, 0.6) is 0 Å². The molecule has 0 bridgehead atoms. The van der Waals surface area contributed by atoms with Crippen LogP contribution in [0.4, 0.5) is 19.3 Å². The highest BCUT2D eigenvalue weighted by molar-refractivity contribution is 7.99. The van der Waals surface area contributed by atoms with Crippen LogP contribution < -0.4 is 16.8 Å². The molecule has 2 aromatic carbocycles. The Bertz CT molecular complexity index is 1040. The van der Waals surface area contributed by atoms with Gasteiger partial charge in [0.15, 0.2) is 5.69 Å². The van der Waals surface area contributed by atoms with Gasteiger partial charge >= 0.3 is 6.03 Å². The molecule has 0 aliphatic carbocycles. The molecule has 10 heteroatoms. The zero-order valence-electron chi connectivity index (χ0n) is 13.6. The van der Waals surface area contributed by atoms with Crippen molar-refractivity contribution in [3.8, 4) is 5.69 Å². The number of carbonyl (C=O) groups is 2. The van der Waals surface area contributed by atoms with Crippen LogP contribution in [0.1, 0.15) is 10.5 Å². The largest absolute Gasteiger partial charge is 0.364 e. The van der Waals surface area contributed by atoms with Gasteiger partial charge in [0.05, 0.1) is 11.9 Å². The fourth-order valence-electron chi connectivity index (χ4n) is 2.29. The molecule has 27 heavy (non-hydrogen) atoms. The molecule has 1 aromatic heterocycles. The van der Waals surface area contributed by atoms with Crippen molar-refractivity contribution in [1.29, 1.82) is 0 Å². The number of anilines is 1. The number of benzene rings is 2. The summed E-state index contributed by atoms with van der Waals surface area (Å²) in [4.78, 5) is 23.3. The van der Waals surface area contributed by atoms with Crippen molar-refractivity contribution in [2.45, 2.75) is 9.79 Å².